The van der Waals surface area contributed by atoms with Gasteiger partial charge in [0.05, 0.1) is 5.69 Å². The Balaban J connectivity index is 1.44. The van der Waals surface area contributed by atoms with Gasteiger partial charge in [0.15, 0.2) is 0 Å². The number of carbonyl (C=O) groups excluding carboxylic acids is 3. The molecule has 8 heteroatoms. The number of hydrazine groups is 1. The van der Waals surface area contributed by atoms with Crippen LogP contribution in [0.2, 0.25) is 0 Å². The summed E-state index contributed by atoms with van der Waals surface area (Å²) in [6.45, 7) is -0.00263. The van der Waals surface area contributed by atoms with Gasteiger partial charge in [-0.05, 0) is 48.5 Å². The Kier molecular flexibility index (Phi) is 5.39. The summed E-state index contributed by atoms with van der Waals surface area (Å²) in [5, 5.41) is 4.74. The van der Waals surface area contributed by atoms with E-state index in [-0.39, 0.29) is 23.8 Å². The van der Waals surface area contributed by atoms with Crippen molar-refractivity contribution in [1.29, 1.82) is 0 Å². The molecule has 3 aromatic carbocycles. The molecule has 1 aromatic heterocycles. The van der Waals surface area contributed by atoms with Crippen LogP contribution in [0, 0.1) is 5.82 Å². The minimum Gasteiger partial charge on any atom is -0.337 e. The van der Waals surface area contributed by atoms with Crippen molar-refractivity contribution >= 4 is 46.1 Å². The lowest BCUT2D eigenvalue weighted by Gasteiger charge is -2.13. The van der Waals surface area contributed by atoms with Crippen LogP contribution >= 0.6 is 0 Å². The summed E-state index contributed by atoms with van der Waals surface area (Å²) in [4.78, 5) is 38.1. The number of anilines is 2. The zero-order valence-corrected chi connectivity index (χ0v) is 17.9. The molecule has 1 aliphatic rings. The molecule has 0 atom stereocenters. The van der Waals surface area contributed by atoms with E-state index in [1.54, 1.807) is 35.0 Å². The van der Waals surface area contributed by atoms with Crippen LogP contribution in [0.25, 0.3) is 17.0 Å². The van der Waals surface area contributed by atoms with Gasteiger partial charge in [-0.15, -0.1) is 0 Å². The highest BCUT2D eigenvalue weighted by atomic mass is 19.1. The summed E-state index contributed by atoms with van der Waals surface area (Å²) in [7, 11) is 0. The maximum absolute atomic E-state index is 13.1. The maximum atomic E-state index is 13.1. The van der Waals surface area contributed by atoms with Gasteiger partial charge in [-0.3, -0.25) is 19.8 Å². The van der Waals surface area contributed by atoms with E-state index in [4.69, 9.17) is 0 Å². The molecule has 1 fully saturated rings. The number of amides is 3. The second kappa shape index (κ2) is 8.67. The number of aromatic nitrogens is 1. The van der Waals surface area contributed by atoms with E-state index in [2.05, 4.69) is 10.7 Å². The molecule has 0 radical (unpaired) electrons. The van der Waals surface area contributed by atoms with Crippen molar-refractivity contribution in [3.8, 4) is 0 Å². The number of fused-ring (bicyclic) bond motifs is 1. The van der Waals surface area contributed by atoms with Crippen LogP contribution in [-0.4, -0.2) is 22.3 Å². The Hall–Kier alpha value is -4.72. The van der Waals surface area contributed by atoms with Crippen molar-refractivity contribution in [2.75, 3.05) is 10.3 Å². The Morgan fingerprint density at radius 3 is 2.41 bits per heavy atom. The lowest BCUT2D eigenvalue weighted by molar-refractivity contribution is -0.118. The molecular weight excluding hydrogens is 435 g/mol. The van der Waals surface area contributed by atoms with Gasteiger partial charge >= 0.3 is 0 Å². The summed E-state index contributed by atoms with van der Waals surface area (Å²) in [6, 6.07) is 21.8. The minimum atomic E-state index is -0.500. The van der Waals surface area contributed by atoms with E-state index >= 15 is 0 Å². The number of para-hydroxylation sites is 2. The Labute approximate surface area is 194 Å². The first-order valence-electron chi connectivity index (χ1n) is 10.5. The zero-order valence-electron chi connectivity index (χ0n) is 17.9. The third-order valence-electron chi connectivity index (χ3n) is 5.47. The van der Waals surface area contributed by atoms with Crippen LogP contribution < -0.4 is 15.8 Å². The molecule has 4 aromatic rings. The molecule has 0 saturated carbocycles. The molecule has 5 rings (SSSR count). The smallest absolute Gasteiger partial charge is 0.282 e. The molecule has 168 valence electrons. The van der Waals surface area contributed by atoms with Crippen LogP contribution in [0.5, 0.6) is 0 Å². The van der Waals surface area contributed by atoms with Gasteiger partial charge in [0.1, 0.15) is 17.9 Å². The fraction of sp³-hybridized carbons (Fsp3) is 0.0385. The first-order chi connectivity index (χ1) is 16.5. The number of rotatable bonds is 5. The number of halogens is 1. The standard InChI is InChI=1S/C26H19FN4O3/c27-18-10-12-19(13-11-18)28-24(32)16-30-15-17(21-8-4-5-9-23(21)30)14-22-25(33)29-31(26(22)34)20-6-2-1-3-7-20/h1-15H,16H2,(H,28,32)(H,29,33). The molecule has 0 spiro atoms. The summed E-state index contributed by atoms with van der Waals surface area (Å²) in [6.07, 6.45) is 3.27. The van der Waals surface area contributed by atoms with Gasteiger partial charge in [-0.25, -0.2) is 9.40 Å². The second-order valence-corrected chi connectivity index (χ2v) is 7.76. The summed E-state index contributed by atoms with van der Waals surface area (Å²) in [5.41, 5.74) is 5.05. The SMILES string of the molecule is O=C(Cn1cc(C=C2C(=O)NN(c3ccccc3)C2=O)c2ccccc21)Nc1ccc(F)cc1. The van der Waals surface area contributed by atoms with Crippen molar-refractivity contribution in [2.24, 2.45) is 0 Å². The van der Waals surface area contributed by atoms with E-state index in [1.807, 2.05) is 30.3 Å². The molecule has 0 bridgehead atoms. The highest BCUT2D eigenvalue weighted by molar-refractivity contribution is 6.32. The highest BCUT2D eigenvalue weighted by Gasteiger charge is 2.34. The monoisotopic (exact) mass is 454 g/mol. The van der Waals surface area contributed by atoms with Crippen LogP contribution in [0.4, 0.5) is 15.8 Å². The average molecular weight is 454 g/mol. The third-order valence-corrected chi connectivity index (χ3v) is 5.47. The van der Waals surface area contributed by atoms with E-state index in [0.29, 0.717) is 16.9 Å². The van der Waals surface area contributed by atoms with Crippen molar-refractivity contribution in [3.05, 3.63) is 102 Å². The average Bonchev–Trinajstić information content (AvgIpc) is 3.33. The molecule has 7 nitrogen and oxygen atoms in total. The van der Waals surface area contributed by atoms with Crippen molar-refractivity contribution in [3.63, 3.8) is 0 Å². The molecule has 1 aliphatic heterocycles. The highest BCUT2D eigenvalue weighted by Crippen LogP contribution is 2.26. The van der Waals surface area contributed by atoms with Gasteiger partial charge < -0.3 is 9.88 Å². The number of nitrogens with zero attached hydrogens (tertiary/aromatic N) is 2. The molecular formula is C26H19FN4O3. The fourth-order valence-electron chi connectivity index (χ4n) is 3.88. The van der Waals surface area contributed by atoms with Gasteiger partial charge in [0, 0.05) is 28.4 Å². The third kappa shape index (κ3) is 4.04. The molecule has 2 N–H and O–H groups in total. The predicted octanol–water partition coefficient (Wildman–Crippen LogP) is 3.88. The first-order valence-corrected chi connectivity index (χ1v) is 10.5. The Morgan fingerprint density at radius 1 is 0.941 bits per heavy atom. The molecule has 0 unspecified atom stereocenters. The lowest BCUT2D eigenvalue weighted by atomic mass is 10.1. The zero-order chi connectivity index (χ0) is 23.7. The molecule has 1 saturated heterocycles. The fourth-order valence-corrected chi connectivity index (χ4v) is 3.88. The normalized spacial score (nSPS) is 14.6. The van der Waals surface area contributed by atoms with Gasteiger partial charge in [-0.1, -0.05) is 36.4 Å². The number of hydrogen-bond acceptors (Lipinski definition) is 3. The first kappa shape index (κ1) is 21.1. The summed E-state index contributed by atoms with van der Waals surface area (Å²) >= 11 is 0. The lowest BCUT2D eigenvalue weighted by Crippen LogP contribution is -2.35. The van der Waals surface area contributed by atoms with Crippen LogP contribution in [0.1, 0.15) is 5.56 Å². The molecule has 34 heavy (non-hydrogen) atoms. The number of hydrogen-bond donors (Lipinski definition) is 2. The van der Waals surface area contributed by atoms with Gasteiger partial charge in [0.25, 0.3) is 11.8 Å². The van der Waals surface area contributed by atoms with E-state index in [1.165, 1.54) is 35.4 Å². The van der Waals surface area contributed by atoms with Gasteiger partial charge in [-0.2, -0.15) is 0 Å². The van der Waals surface area contributed by atoms with Crippen molar-refractivity contribution < 1.29 is 18.8 Å². The van der Waals surface area contributed by atoms with Crippen molar-refractivity contribution in [1.82, 2.24) is 9.99 Å². The van der Waals surface area contributed by atoms with Crippen LogP contribution in [0.15, 0.2) is 90.6 Å². The number of nitrogens with one attached hydrogen (secondary N) is 2. The quantitative estimate of drug-likeness (QED) is 0.355. The summed E-state index contributed by atoms with van der Waals surface area (Å²) < 4.78 is 14.9. The predicted molar refractivity (Wildman–Crippen MR) is 127 cm³/mol. The van der Waals surface area contributed by atoms with Crippen LogP contribution in [0.3, 0.4) is 0 Å². The van der Waals surface area contributed by atoms with E-state index < -0.39 is 11.8 Å². The van der Waals surface area contributed by atoms with Gasteiger partial charge in [0.2, 0.25) is 5.91 Å². The largest absolute Gasteiger partial charge is 0.337 e. The topological polar surface area (TPSA) is 83.4 Å². The van der Waals surface area contributed by atoms with Crippen molar-refractivity contribution in [2.45, 2.75) is 6.54 Å². The van der Waals surface area contributed by atoms with E-state index in [9.17, 15) is 18.8 Å². The second-order valence-electron chi connectivity index (χ2n) is 7.76. The maximum Gasteiger partial charge on any atom is 0.282 e. The molecule has 3 amide bonds. The molecule has 0 aliphatic carbocycles. The minimum absolute atomic E-state index is 0.00233. The molecule has 2 heterocycles. The Morgan fingerprint density at radius 2 is 1.65 bits per heavy atom. The number of carbonyl (C=O) groups is 3. The Bertz CT molecular complexity index is 1440. The van der Waals surface area contributed by atoms with Crippen LogP contribution in [-0.2, 0) is 20.9 Å². The number of benzene rings is 3. The van der Waals surface area contributed by atoms with E-state index in [0.717, 1.165) is 10.9 Å². The summed E-state index contributed by atoms with van der Waals surface area (Å²) in [5.74, 6) is -1.64.